The van der Waals surface area contributed by atoms with Crippen LogP contribution in [-0.4, -0.2) is 22.9 Å². The SMILES string of the molecule is CCc1cccc(CC)c1NC(=O)c1ccccc1NC(=O)C=CC(=O)O. The summed E-state index contributed by atoms with van der Waals surface area (Å²) in [6.45, 7) is 4.04. The van der Waals surface area contributed by atoms with Crippen molar-refractivity contribution in [2.24, 2.45) is 0 Å². The molecule has 27 heavy (non-hydrogen) atoms. The fourth-order valence-corrected chi connectivity index (χ4v) is 2.70. The van der Waals surface area contributed by atoms with Crippen LogP contribution in [0, 0.1) is 0 Å². The quantitative estimate of drug-likeness (QED) is 0.652. The van der Waals surface area contributed by atoms with Gasteiger partial charge in [0.05, 0.1) is 11.3 Å². The summed E-state index contributed by atoms with van der Waals surface area (Å²) in [6, 6.07) is 12.5. The molecule has 0 saturated carbocycles. The fraction of sp³-hybridized carbons (Fsp3) is 0.190. The van der Waals surface area contributed by atoms with E-state index in [0.717, 1.165) is 41.8 Å². The first-order valence-corrected chi connectivity index (χ1v) is 8.69. The highest BCUT2D eigenvalue weighted by atomic mass is 16.4. The third-order valence-electron chi connectivity index (χ3n) is 4.04. The number of carboxylic acids is 1. The van der Waals surface area contributed by atoms with Crippen molar-refractivity contribution in [1.82, 2.24) is 0 Å². The number of benzene rings is 2. The fourth-order valence-electron chi connectivity index (χ4n) is 2.70. The third-order valence-corrected chi connectivity index (χ3v) is 4.04. The molecule has 3 N–H and O–H groups in total. The van der Waals surface area contributed by atoms with E-state index in [2.05, 4.69) is 10.6 Å². The molecule has 0 fully saturated rings. The summed E-state index contributed by atoms with van der Waals surface area (Å²) in [7, 11) is 0. The van der Waals surface area contributed by atoms with Crippen molar-refractivity contribution in [2.75, 3.05) is 10.6 Å². The molecule has 2 aromatic rings. The standard InChI is InChI=1S/C21H22N2O4/c1-3-14-8-7-9-15(4-2)20(14)23-21(27)16-10-5-6-11-17(16)22-18(24)12-13-19(25)26/h5-13H,3-4H2,1-2H3,(H,22,24)(H,23,27)(H,25,26). The number of carbonyl (C=O) groups is 3. The monoisotopic (exact) mass is 366 g/mol. The Balaban J connectivity index is 2.28. The Labute approximate surface area is 157 Å². The average molecular weight is 366 g/mol. The number of nitrogens with one attached hydrogen (secondary N) is 2. The molecule has 0 heterocycles. The van der Waals surface area contributed by atoms with Crippen LogP contribution < -0.4 is 10.6 Å². The van der Waals surface area contributed by atoms with Crippen LogP contribution in [0.2, 0.25) is 0 Å². The first kappa shape index (κ1) is 19.9. The number of amides is 2. The molecule has 0 radical (unpaired) electrons. The van der Waals surface area contributed by atoms with Gasteiger partial charge in [-0.3, -0.25) is 9.59 Å². The van der Waals surface area contributed by atoms with Crippen molar-refractivity contribution in [2.45, 2.75) is 26.7 Å². The van der Waals surface area contributed by atoms with Crippen molar-refractivity contribution < 1.29 is 19.5 Å². The predicted octanol–water partition coefficient (Wildman–Crippen LogP) is 3.64. The maximum atomic E-state index is 12.8. The van der Waals surface area contributed by atoms with Crippen molar-refractivity contribution >= 4 is 29.2 Å². The Kier molecular flexibility index (Phi) is 6.88. The Morgan fingerprint density at radius 1 is 0.889 bits per heavy atom. The maximum Gasteiger partial charge on any atom is 0.328 e. The molecule has 2 aromatic carbocycles. The number of carbonyl (C=O) groups excluding carboxylic acids is 2. The van der Waals surface area contributed by atoms with E-state index in [0.29, 0.717) is 11.3 Å². The highest BCUT2D eigenvalue weighted by molar-refractivity contribution is 6.12. The van der Waals surface area contributed by atoms with Gasteiger partial charge in [0.25, 0.3) is 5.91 Å². The number of aryl methyl sites for hydroxylation is 2. The molecule has 2 amide bonds. The van der Waals surface area contributed by atoms with Gasteiger partial charge in [-0.2, -0.15) is 0 Å². The molecule has 0 aliphatic carbocycles. The van der Waals surface area contributed by atoms with Crippen molar-refractivity contribution in [1.29, 1.82) is 0 Å². The van der Waals surface area contributed by atoms with Crippen LogP contribution in [0.3, 0.4) is 0 Å². The molecule has 140 valence electrons. The van der Waals surface area contributed by atoms with E-state index in [4.69, 9.17) is 5.11 Å². The van der Waals surface area contributed by atoms with Crippen molar-refractivity contribution in [3.63, 3.8) is 0 Å². The number of rotatable bonds is 7. The molecule has 0 saturated heterocycles. The van der Waals surface area contributed by atoms with E-state index in [9.17, 15) is 14.4 Å². The van der Waals surface area contributed by atoms with Crippen LogP contribution in [0.5, 0.6) is 0 Å². The van der Waals surface area contributed by atoms with E-state index >= 15 is 0 Å². The van der Waals surface area contributed by atoms with Crippen LogP contribution in [-0.2, 0) is 22.4 Å². The number of hydrogen-bond donors (Lipinski definition) is 3. The minimum absolute atomic E-state index is 0.294. The Morgan fingerprint density at radius 2 is 1.52 bits per heavy atom. The second kappa shape index (κ2) is 9.33. The number of para-hydroxylation sites is 2. The van der Waals surface area contributed by atoms with Crippen LogP contribution >= 0.6 is 0 Å². The van der Waals surface area contributed by atoms with Gasteiger partial charge in [0, 0.05) is 17.8 Å². The lowest BCUT2D eigenvalue weighted by Crippen LogP contribution is -2.18. The van der Waals surface area contributed by atoms with Gasteiger partial charge in [-0.05, 0) is 36.1 Å². The summed E-state index contributed by atoms with van der Waals surface area (Å²) >= 11 is 0. The first-order chi connectivity index (χ1) is 13.0. The average Bonchev–Trinajstić information content (AvgIpc) is 2.66. The topological polar surface area (TPSA) is 95.5 Å². The molecule has 0 aromatic heterocycles. The largest absolute Gasteiger partial charge is 0.478 e. The highest BCUT2D eigenvalue weighted by Crippen LogP contribution is 2.24. The smallest absolute Gasteiger partial charge is 0.328 e. The second-order valence-electron chi connectivity index (χ2n) is 5.82. The minimum atomic E-state index is -1.22. The van der Waals surface area contributed by atoms with Gasteiger partial charge in [0.2, 0.25) is 5.91 Å². The lowest BCUT2D eigenvalue weighted by Gasteiger charge is -2.16. The van der Waals surface area contributed by atoms with E-state index in [1.165, 1.54) is 0 Å². The Hall–Kier alpha value is -3.41. The van der Waals surface area contributed by atoms with Crippen LogP contribution in [0.25, 0.3) is 0 Å². The molecule has 6 nitrogen and oxygen atoms in total. The van der Waals surface area contributed by atoms with Gasteiger partial charge in [-0.15, -0.1) is 0 Å². The van der Waals surface area contributed by atoms with Crippen LogP contribution in [0.4, 0.5) is 11.4 Å². The number of hydrogen-bond acceptors (Lipinski definition) is 3. The van der Waals surface area contributed by atoms with E-state index in [1.807, 2.05) is 32.0 Å². The lowest BCUT2D eigenvalue weighted by atomic mass is 10.0. The van der Waals surface area contributed by atoms with Crippen molar-refractivity contribution in [3.05, 3.63) is 71.3 Å². The molecular formula is C21H22N2O4. The molecule has 0 aliphatic heterocycles. The number of anilines is 2. The summed E-state index contributed by atoms with van der Waals surface area (Å²) in [5.74, 6) is -2.19. The zero-order chi connectivity index (χ0) is 19.8. The van der Waals surface area contributed by atoms with Gasteiger partial charge < -0.3 is 15.7 Å². The number of aliphatic carboxylic acids is 1. The lowest BCUT2D eigenvalue weighted by molar-refractivity contribution is -0.131. The zero-order valence-electron chi connectivity index (χ0n) is 15.3. The molecule has 6 heteroatoms. The zero-order valence-corrected chi connectivity index (χ0v) is 15.3. The molecular weight excluding hydrogens is 344 g/mol. The molecule has 2 rings (SSSR count). The van der Waals surface area contributed by atoms with Gasteiger partial charge >= 0.3 is 5.97 Å². The highest BCUT2D eigenvalue weighted by Gasteiger charge is 2.15. The van der Waals surface area contributed by atoms with Gasteiger partial charge in [-0.1, -0.05) is 44.2 Å². The van der Waals surface area contributed by atoms with E-state index in [-0.39, 0.29) is 5.91 Å². The third kappa shape index (κ3) is 5.28. The molecule has 0 aliphatic rings. The minimum Gasteiger partial charge on any atom is -0.478 e. The predicted molar refractivity (Wildman–Crippen MR) is 105 cm³/mol. The van der Waals surface area contributed by atoms with Crippen molar-refractivity contribution in [3.8, 4) is 0 Å². The number of carboxylic acid groups (broad SMARTS) is 1. The first-order valence-electron chi connectivity index (χ1n) is 8.69. The van der Waals surface area contributed by atoms with Crippen LogP contribution in [0.1, 0.15) is 35.3 Å². The summed E-state index contributed by atoms with van der Waals surface area (Å²) in [4.78, 5) is 35.2. The van der Waals surface area contributed by atoms with Crippen LogP contribution in [0.15, 0.2) is 54.6 Å². The van der Waals surface area contributed by atoms with Gasteiger partial charge in [-0.25, -0.2) is 4.79 Å². The Morgan fingerprint density at radius 3 is 2.11 bits per heavy atom. The molecule has 0 spiro atoms. The molecule has 0 unspecified atom stereocenters. The molecule has 0 atom stereocenters. The summed E-state index contributed by atoms with van der Waals surface area (Å²) in [5, 5.41) is 14.1. The van der Waals surface area contributed by atoms with Gasteiger partial charge in [0.15, 0.2) is 0 Å². The summed E-state index contributed by atoms with van der Waals surface area (Å²) < 4.78 is 0. The van der Waals surface area contributed by atoms with Gasteiger partial charge in [0.1, 0.15) is 0 Å². The van der Waals surface area contributed by atoms with E-state index in [1.54, 1.807) is 24.3 Å². The molecule has 0 bridgehead atoms. The normalized spacial score (nSPS) is 10.6. The summed E-state index contributed by atoms with van der Waals surface area (Å²) in [5.41, 5.74) is 3.46. The second-order valence-corrected chi connectivity index (χ2v) is 5.82. The summed E-state index contributed by atoms with van der Waals surface area (Å²) in [6.07, 6.45) is 3.20. The van der Waals surface area contributed by atoms with E-state index < -0.39 is 11.9 Å². The maximum absolute atomic E-state index is 12.8. The Bertz CT molecular complexity index is 865.